The minimum absolute atomic E-state index is 0.103. The first-order valence-electron chi connectivity index (χ1n) is 35.7. The quantitative estimate of drug-likeness (QED) is 0.0222. The van der Waals surface area contributed by atoms with E-state index in [1.165, 1.54) is 135 Å². The first-order valence-corrected chi connectivity index (χ1v) is 38.7. The summed E-state index contributed by atoms with van der Waals surface area (Å²) in [6, 6.07) is 0. The van der Waals surface area contributed by atoms with Crippen LogP contribution in [0.15, 0.2) is 0 Å². The Labute approximate surface area is 537 Å². The molecule has 19 heteroatoms. The first kappa shape index (κ1) is 86.1. The van der Waals surface area contributed by atoms with Crippen LogP contribution in [0.25, 0.3) is 0 Å². The van der Waals surface area contributed by atoms with Gasteiger partial charge in [-0.2, -0.15) is 0 Å². The van der Waals surface area contributed by atoms with Crippen molar-refractivity contribution in [2.24, 2.45) is 23.7 Å². The van der Waals surface area contributed by atoms with Gasteiger partial charge in [0.05, 0.1) is 26.4 Å². The summed E-state index contributed by atoms with van der Waals surface area (Å²) in [7, 11) is -9.90. The van der Waals surface area contributed by atoms with E-state index in [4.69, 9.17) is 37.0 Å². The third-order valence-corrected chi connectivity index (χ3v) is 18.1. The zero-order chi connectivity index (χ0) is 65.4. The summed E-state index contributed by atoms with van der Waals surface area (Å²) >= 11 is 0. The highest BCUT2D eigenvalue weighted by Crippen LogP contribution is 2.45. The summed E-state index contributed by atoms with van der Waals surface area (Å²) < 4.78 is 68.2. The number of ether oxygens (including phenoxy) is 4. The lowest BCUT2D eigenvalue weighted by Gasteiger charge is -2.21. The summed E-state index contributed by atoms with van der Waals surface area (Å²) in [5, 5.41) is 10.6. The number of carbonyl (C=O) groups is 4. The van der Waals surface area contributed by atoms with Crippen molar-refractivity contribution in [3.8, 4) is 0 Å². The summed E-state index contributed by atoms with van der Waals surface area (Å²) in [5.74, 6) is 0.839. The molecular weight excluding hydrogens is 1160 g/mol. The van der Waals surface area contributed by atoms with Gasteiger partial charge < -0.3 is 33.8 Å². The molecule has 0 bridgehead atoms. The third kappa shape index (κ3) is 61.6. The number of rotatable bonds is 66. The highest BCUT2D eigenvalue weighted by atomic mass is 31.2. The number of unbranched alkanes of at least 4 members (excludes halogenated alkanes) is 31. The molecule has 0 spiro atoms. The van der Waals surface area contributed by atoms with Gasteiger partial charge in [0.15, 0.2) is 12.2 Å². The second kappa shape index (κ2) is 58.8. The highest BCUT2D eigenvalue weighted by molar-refractivity contribution is 7.47. The van der Waals surface area contributed by atoms with E-state index in [1.807, 2.05) is 0 Å². The minimum Gasteiger partial charge on any atom is -0.462 e. The number of aliphatic hydroxyl groups excluding tert-OH is 1. The Bertz CT molecular complexity index is 1750. The average Bonchev–Trinajstić information content (AvgIpc) is 3.58. The van der Waals surface area contributed by atoms with Crippen LogP contribution in [0.3, 0.4) is 0 Å². The highest BCUT2D eigenvalue weighted by Gasteiger charge is 2.30. The zero-order valence-corrected chi connectivity index (χ0v) is 59.1. The molecule has 0 aliphatic heterocycles. The summed E-state index contributed by atoms with van der Waals surface area (Å²) in [4.78, 5) is 72.5. The van der Waals surface area contributed by atoms with Crippen LogP contribution in [0.5, 0.6) is 0 Å². The molecule has 0 aromatic heterocycles. The number of phosphoric ester groups is 2. The molecule has 0 saturated heterocycles. The fraction of sp³-hybridized carbons (Fsp3) is 0.942. The SMILES string of the molecule is CCC(C)CCCCCCCCCCCCC(=O)OC[C@H](COP(=O)(O)OC[C@@H](O)COP(=O)(O)OC[C@@H](COC(=O)CCCCCCCCC(C)C)OC(=O)CCCCCCCCCCC(C)C)OC(=O)CCCCCCCCCCCCCC(C)C. The van der Waals surface area contributed by atoms with Crippen LogP contribution < -0.4 is 0 Å². The van der Waals surface area contributed by atoms with Gasteiger partial charge in [0, 0.05) is 25.7 Å². The van der Waals surface area contributed by atoms with Crippen LogP contribution in [0.2, 0.25) is 0 Å². The number of phosphoric acid groups is 2. The van der Waals surface area contributed by atoms with Crippen LogP contribution in [-0.2, 0) is 65.4 Å². The molecule has 0 fully saturated rings. The molecule has 0 rings (SSSR count). The Hall–Kier alpha value is -1.94. The van der Waals surface area contributed by atoms with Gasteiger partial charge in [0.1, 0.15) is 19.3 Å². The van der Waals surface area contributed by atoms with E-state index in [0.29, 0.717) is 31.6 Å². The van der Waals surface area contributed by atoms with Gasteiger partial charge in [-0.25, -0.2) is 9.13 Å². The molecule has 3 unspecified atom stereocenters. The number of hydrogen-bond donors (Lipinski definition) is 3. The summed E-state index contributed by atoms with van der Waals surface area (Å²) in [6.07, 6.45) is 40.4. The van der Waals surface area contributed by atoms with Crippen LogP contribution in [0.4, 0.5) is 0 Å². The van der Waals surface area contributed by atoms with Crippen molar-refractivity contribution in [2.75, 3.05) is 39.6 Å². The van der Waals surface area contributed by atoms with Gasteiger partial charge in [-0.3, -0.25) is 37.3 Å². The lowest BCUT2D eigenvalue weighted by molar-refractivity contribution is -0.161. The van der Waals surface area contributed by atoms with E-state index in [0.717, 1.165) is 114 Å². The molecule has 0 aromatic carbocycles. The molecule has 3 N–H and O–H groups in total. The fourth-order valence-electron chi connectivity index (χ4n) is 10.3. The van der Waals surface area contributed by atoms with E-state index in [9.17, 15) is 43.2 Å². The normalized spacial score (nSPS) is 14.6. The lowest BCUT2D eigenvalue weighted by Crippen LogP contribution is -2.30. The minimum atomic E-state index is -4.95. The number of esters is 4. The van der Waals surface area contributed by atoms with Crippen LogP contribution in [0, 0.1) is 23.7 Å². The Morgan fingerprint density at radius 3 is 0.807 bits per heavy atom. The number of aliphatic hydroxyl groups is 1. The molecule has 0 aromatic rings. The fourth-order valence-corrected chi connectivity index (χ4v) is 11.9. The van der Waals surface area contributed by atoms with E-state index in [2.05, 4.69) is 55.4 Å². The average molecular weight is 1300 g/mol. The standard InChI is InChI=1S/C69H134O17P2/c1-9-62(8)48-40-32-23-16-13-14-17-24-33-41-49-66(71)79-55-64(85-68(73)51-43-35-25-18-12-10-11-15-21-29-37-45-59(2)3)57-83-87(75,76)81-53-63(70)54-82-88(77,78)84-58-65(56-80-67(72)50-42-34-28-27-31-39-47-61(6)7)86-69(74)52-44-36-26-20-19-22-30-38-46-60(4)5/h59-65,70H,9-58H2,1-8H3,(H,75,76)(H,77,78)/t62?,63-,64-,65-/m1/s1. The second-order valence-corrected chi connectivity index (χ2v) is 29.5. The molecule has 0 aliphatic rings. The molecule has 0 heterocycles. The van der Waals surface area contributed by atoms with Gasteiger partial charge in [-0.15, -0.1) is 0 Å². The topological polar surface area (TPSA) is 237 Å². The predicted octanol–water partition coefficient (Wildman–Crippen LogP) is 19.3. The Morgan fingerprint density at radius 2 is 0.545 bits per heavy atom. The maximum atomic E-state index is 13.0. The molecule has 0 radical (unpaired) electrons. The zero-order valence-electron chi connectivity index (χ0n) is 57.3. The molecule has 522 valence electrons. The van der Waals surface area contributed by atoms with E-state index in [1.54, 1.807) is 0 Å². The van der Waals surface area contributed by atoms with Crippen LogP contribution in [0.1, 0.15) is 338 Å². The van der Waals surface area contributed by atoms with Crippen molar-refractivity contribution in [3.05, 3.63) is 0 Å². The van der Waals surface area contributed by atoms with Crippen LogP contribution in [-0.4, -0.2) is 96.7 Å². The van der Waals surface area contributed by atoms with Crippen molar-refractivity contribution < 1.29 is 80.2 Å². The van der Waals surface area contributed by atoms with Gasteiger partial charge >= 0.3 is 39.5 Å². The molecule has 0 amide bonds. The van der Waals surface area contributed by atoms with Crippen molar-refractivity contribution in [2.45, 2.75) is 356 Å². The monoisotopic (exact) mass is 1300 g/mol. The van der Waals surface area contributed by atoms with E-state index >= 15 is 0 Å². The maximum absolute atomic E-state index is 13.0. The second-order valence-electron chi connectivity index (χ2n) is 26.6. The van der Waals surface area contributed by atoms with Crippen molar-refractivity contribution in [3.63, 3.8) is 0 Å². The Kier molecular flexibility index (Phi) is 57.6. The first-order chi connectivity index (χ1) is 42.1. The Morgan fingerprint density at radius 1 is 0.318 bits per heavy atom. The van der Waals surface area contributed by atoms with Gasteiger partial charge in [0.2, 0.25) is 0 Å². The summed E-state index contributed by atoms with van der Waals surface area (Å²) in [5.41, 5.74) is 0. The number of hydrogen-bond acceptors (Lipinski definition) is 15. The molecule has 0 aliphatic carbocycles. The smallest absolute Gasteiger partial charge is 0.462 e. The molecule has 6 atom stereocenters. The molecule has 17 nitrogen and oxygen atoms in total. The molecule has 88 heavy (non-hydrogen) atoms. The van der Waals surface area contributed by atoms with Gasteiger partial charge in [-0.05, 0) is 49.4 Å². The van der Waals surface area contributed by atoms with Gasteiger partial charge in [0.25, 0.3) is 0 Å². The van der Waals surface area contributed by atoms with Crippen LogP contribution >= 0.6 is 15.6 Å². The predicted molar refractivity (Wildman–Crippen MR) is 354 cm³/mol. The lowest BCUT2D eigenvalue weighted by atomic mass is 9.99. The number of carbonyl (C=O) groups excluding carboxylic acids is 4. The summed E-state index contributed by atoms with van der Waals surface area (Å²) in [6.45, 7) is 14.0. The van der Waals surface area contributed by atoms with E-state index in [-0.39, 0.29) is 25.7 Å². The van der Waals surface area contributed by atoms with Crippen molar-refractivity contribution in [1.82, 2.24) is 0 Å². The maximum Gasteiger partial charge on any atom is 0.472 e. The van der Waals surface area contributed by atoms with E-state index < -0.39 is 97.5 Å². The third-order valence-electron chi connectivity index (χ3n) is 16.2. The molecular formula is C69H134O17P2. The van der Waals surface area contributed by atoms with Gasteiger partial charge in [-0.1, -0.05) is 287 Å². The molecule has 0 saturated carbocycles. The van der Waals surface area contributed by atoms with Crippen molar-refractivity contribution >= 4 is 39.5 Å². The Balaban J connectivity index is 5.26. The largest absolute Gasteiger partial charge is 0.472 e. The van der Waals surface area contributed by atoms with Crippen molar-refractivity contribution in [1.29, 1.82) is 0 Å².